The second kappa shape index (κ2) is 10.9. The van der Waals surface area contributed by atoms with Crippen LogP contribution in [0.3, 0.4) is 0 Å². The van der Waals surface area contributed by atoms with Gasteiger partial charge in [0.2, 0.25) is 0 Å². The van der Waals surface area contributed by atoms with Gasteiger partial charge in [0.15, 0.2) is 5.96 Å². The summed E-state index contributed by atoms with van der Waals surface area (Å²) in [5.41, 5.74) is 2.39. The third-order valence-corrected chi connectivity index (χ3v) is 5.34. The summed E-state index contributed by atoms with van der Waals surface area (Å²) in [4.78, 5) is 7.13. The molecule has 1 heterocycles. The van der Waals surface area contributed by atoms with Crippen molar-refractivity contribution in [1.29, 1.82) is 0 Å². The lowest BCUT2D eigenvalue weighted by Gasteiger charge is -2.32. The molecule has 1 aliphatic rings. The average Bonchev–Trinajstić information content (AvgIpc) is 2.77. The normalized spacial score (nSPS) is 19.6. The maximum absolute atomic E-state index is 6.14. The van der Waals surface area contributed by atoms with Crippen LogP contribution in [0, 0.1) is 5.92 Å². The van der Waals surface area contributed by atoms with Crippen LogP contribution in [-0.2, 0) is 11.3 Å². The van der Waals surface area contributed by atoms with E-state index < -0.39 is 0 Å². The smallest absolute Gasteiger partial charge is 0.193 e. The summed E-state index contributed by atoms with van der Waals surface area (Å²) in [6.07, 6.45) is 2.35. The van der Waals surface area contributed by atoms with E-state index in [0.29, 0.717) is 5.92 Å². The zero-order valence-corrected chi connectivity index (χ0v) is 17.8. The molecule has 0 aromatic heterocycles. The second-order valence-electron chi connectivity index (χ2n) is 7.47. The first kappa shape index (κ1) is 21.2. The Kier molecular flexibility index (Phi) is 7.94. The lowest BCUT2D eigenvalue weighted by atomic mass is 9.89. The van der Waals surface area contributed by atoms with Crippen molar-refractivity contribution in [2.24, 2.45) is 10.9 Å². The van der Waals surface area contributed by atoms with E-state index in [2.05, 4.69) is 60.6 Å². The minimum absolute atomic E-state index is 0.121. The molecule has 0 radical (unpaired) electrons. The molecule has 0 amide bonds. The molecule has 1 N–H and O–H groups in total. The number of ether oxygens (including phenoxy) is 2. The Labute approximate surface area is 174 Å². The van der Waals surface area contributed by atoms with Gasteiger partial charge in [-0.1, -0.05) is 48.5 Å². The van der Waals surface area contributed by atoms with E-state index >= 15 is 0 Å². The van der Waals surface area contributed by atoms with Crippen LogP contribution in [0.25, 0.3) is 0 Å². The highest BCUT2D eigenvalue weighted by Gasteiger charge is 2.27. The summed E-state index contributed by atoms with van der Waals surface area (Å²) >= 11 is 0. The number of hydrogen-bond donors (Lipinski definition) is 1. The Morgan fingerprint density at radius 3 is 2.69 bits per heavy atom. The number of nitrogens with zero attached hydrogens (tertiary/aromatic N) is 2. The standard InChI is InChI=1S/C24H33N3O2/c1-4-25-24(27(2)18-21-13-8-9-15-22(21)28-3)26-17-20-14-10-16-29-23(20)19-11-6-5-7-12-19/h5-9,11-13,15,20,23H,4,10,14,16-18H2,1-3H3,(H,25,26). The van der Waals surface area contributed by atoms with Crippen molar-refractivity contribution in [3.63, 3.8) is 0 Å². The molecule has 0 aliphatic carbocycles. The molecule has 2 unspecified atom stereocenters. The topological polar surface area (TPSA) is 46.1 Å². The van der Waals surface area contributed by atoms with Gasteiger partial charge in [-0.3, -0.25) is 4.99 Å². The minimum atomic E-state index is 0.121. The average molecular weight is 396 g/mol. The molecule has 2 atom stereocenters. The number of para-hydroxylation sites is 1. The van der Waals surface area contributed by atoms with Crippen molar-refractivity contribution in [3.8, 4) is 5.75 Å². The van der Waals surface area contributed by atoms with Gasteiger partial charge in [0.05, 0.1) is 13.2 Å². The molecule has 1 saturated heterocycles. The summed E-state index contributed by atoms with van der Waals surface area (Å²) in [5.74, 6) is 2.20. The first-order valence-corrected chi connectivity index (χ1v) is 10.5. The zero-order valence-electron chi connectivity index (χ0n) is 17.8. The van der Waals surface area contributed by atoms with Gasteiger partial charge in [0.1, 0.15) is 5.75 Å². The van der Waals surface area contributed by atoms with Crippen LogP contribution in [0.2, 0.25) is 0 Å². The Hall–Kier alpha value is -2.53. The lowest BCUT2D eigenvalue weighted by molar-refractivity contribution is -0.0250. The number of nitrogens with one attached hydrogen (secondary N) is 1. The predicted molar refractivity (Wildman–Crippen MR) is 118 cm³/mol. The predicted octanol–water partition coefficient (Wildman–Crippen LogP) is 4.26. The molecule has 29 heavy (non-hydrogen) atoms. The van der Waals surface area contributed by atoms with Crippen molar-refractivity contribution in [3.05, 3.63) is 65.7 Å². The fourth-order valence-electron chi connectivity index (χ4n) is 3.88. The lowest BCUT2D eigenvalue weighted by Crippen LogP contribution is -2.39. The van der Waals surface area contributed by atoms with Gasteiger partial charge in [-0.2, -0.15) is 0 Å². The Balaban J connectivity index is 1.72. The van der Waals surface area contributed by atoms with Gasteiger partial charge >= 0.3 is 0 Å². The Morgan fingerprint density at radius 2 is 1.93 bits per heavy atom. The number of hydrogen-bond acceptors (Lipinski definition) is 3. The summed E-state index contributed by atoms with van der Waals surface area (Å²) < 4.78 is 11.6. The summed E-state index contributed by atoms with van der Waals surface area (Å²) in [6, 6.07) is 18.7. The Bertz CT molecular complexity index is 779. The van der Waals surface area contributed by atoms with Gasteiger partial charge in [0, 0.05) is 44.8 Å². The van der Waals surface area contributed by atoms with E-state index in [-0.39, 0.29) is 6.10 Å². The van der Waals surface area contributed by atoms with E-state index in [9.17, 15) is 0 Å². The molecule has 156 valence electrons. The van der Waals surface area contributed by atoms with Gasteiger partial charge in [-0.25, -0.2) is 0 Å². The van der Waals surface area contributed by atoms with Crippen LogP contribution in [0.1, 0.15) is 37.0 Å². The molecule has 1 fully saturated rings. The van der Waals surface area contributed by atoms with Gasteiger partial charge < -0.3 is 19.7 Å². The highest BCUT2D eigenvalue weighted by molar-refractivity contribution is 5.79. The van der Waals surface area contributed by atoms with Gasteiger partial charge in [-0.05, 0) is 31.4 Å². The zero-order chi connectivity index (χ0) is 20.5. The Morgan fingerprint density at radius 1 is 1.17 bits per heavy atom. The van der Waals surface area contributed by atoms with Crippen molar-refractivity contribution in [2.75, 3.05) is 33.9 Å². The molecular formula is C24H33N3O2. The first-order chi connectivity index (χ1) is 14.2. The van der Waals surface area contributed by atoms with Crippen molar-refractivity contribution < 1.29 is 9.47 Å². The summed E-state index contributed by atoms with van der Waals surface area (Å²) in [5, 5.41) is 3.43. The van der Waals surface area contributed by atoms with E-state index in [1.807, 2.05) is 18.2 Å². The number of rotatable bonds is 7. The monoisotopic (exact) mass is 395 g/mol. The van der Waals surface area contributed by atoms with Crippen LogP contribution < -0.4 is 10.1 Å². The summed E-state index contributed by atoms with van der Waals surface area (Å²) in [6.45, 7) is 5.24. The number of aliphatic imine (C=N–C) groups is 1. The third kappa shape index (κ3) is 5.73. The largest absolute Gasteiger partial charge is 0.496 e. The maximum atomic E-state index is 6.14. The van der Waals surface area contributed by atoms with Crippen LogP contribution in [0.15, 0.2) is 59.6 Å². The van der Waals surface area contributed by atoms with Crippen LogP contribution in [0.5, 0.6) is 5.75 Å². The number of methoxy groups -OCH3 is 1. The quantitative estimate of drug-likeness (QED) is 0.562. The molecule has 1 aliphatic heterocycles. The molecule has 0 saturated carbocycles. The van der Waals surface area contributed by atoms with E-state index in [4.69, 9.17) is 14.5 Å². The fraction of sp³-hybridized carbons (Fsp3) is 0.458. The molecule has 0 spiro atoms. The number of guanidine groups is 1. The van der Waals surface area contributed by atoms with Crippen molar-refractivity contribution in [2.45, 2.75) is 32.4 Å². The van der Waals surface area contributed by atoms with Crippen LogP contribution >= 0.6 is 0 Å². The molecular weight excluding hydrogens is 362 g/mol. The highest BCUT2D eigenvalue weighted by atomic mass is 16.5. The fourth-order valence-corrected chi connectivity index (χ4v) is 3.88. The summed E-state index contributed by atoms with van der Waals surface area (Å²) in [7, 11) is 3.78. The van der Waals surface area contributed by atoms with Gasteiger partial charge in [-0.15, -0.1) is 0 Å². The molecule has 2 aromatic carbocycles. The molecule has 5 nitrogen and oxygen atoms in total. The van der Waals surface area contributed by atoms with E-state index in [1.165, 1.54) is 5.56 Å². The van der Waals surface area contributed by atoms with Crippen molar-refractivity contribution in [1.82, 2.24) is 10.2 Å². The van der Waals surface area contributed by atoms with E-state index in [1.54, 1.807) is 7.11 Å². The molecule has 5 heteroatoms. The molecule has 0 bridgehead atoms. The highest BCUT2D eigenvalue weighted by Crippen LogP contribution is 2.33. The number of benzene rings is 2. The van der Waals surface area contributed by atoms with Crippen LogP contribution in [-0.4, -0.2) is 44.7 Å². The van der Waals surface area contributed by atoms with E-state index in [0.717, 1.165) is 56.4 Å². The first-order valence-electron chi connectivity index (χ1n) is 10.5. The van der Waals surface area contributed by atoms with Crippen LogP contribution in [0.4, 0.5) is 0 Å². The third-order valence-electron chi connectivity index (χ3n) is 5.34. The van der Waals surface area contributed by atoms with Crippen molar-refractivity contribution >= 4 is 5.96 Å². The maximum Gasteiger partial charge on any atom is 0.193 e. The van der Waals surface area contributed by atoms with Gasteiger partial charge in [0.25, 0.3) is 0 Å². The minimum Gasteiger partial charge on any atom is -0.496 e. The SMILES string of the molecule is CCNC(=NCC1CCCOC1c1ccccc1)N(C)Cc1ccccc1OC. The molecule has 3 rings (SSSR count). The second-order valence-corrected chi connectivity index (χ2v) is 7.47. The molecule has 2 aromatic rings.